The average Bonchev–Trinajstić information content (AvgIpc) is 2.97. The van der Waals surface area contributed by atoms with Gasteiger partial charge in [-0.3, -0.25) is 4.52 Å². The van der Waals surface area contributed by atoms with Crippen LogP contribution in [-0.2, 0) is 13.8 Å². The highest BCUT2D eigenvalue weighted by Crippen LogP contribution is 2.60. The Morgan fingerprint density at radius 1 is 0.909 bits per heavy atom. The van der Waals surface area contributed by atoms with E-state index in [1.54, 1.807) is 12.1 Å². The molecule has 0 aliphatic carbocycles. The second kappa shape index (κ2) is 8.54. The Kier molecular flexibility index (Phi) is 5.57. The summed E-state index contributed by atoms with van der Waals surface area (Å²) in [7, 11) is -2.79. The van der Waals surface area contributed by atoms with Crippen LogP contribution in [0.15, 0.2) is 66.7 Å². The Hall–Kier alpha value is -3.34. The third kappa shape index (κ3) is 3.75. The maximum Gasteiger partial charge on any atom is 0.587 e. The van der Waals surface area contributed by atoms with Crippen LogP contribution in [-0.4, -0.2) is 19.7 Å². The first kappa shape index (κ1) is 21.5. The number of hydrogen-bond donors (Lipinski definition) is 0. The van der Waals surface area contributed by atoms with Crippen molar-refractivity contribution in [2.45, 2.75) is 19.8 Å². The molecule has 0 unspecified atom stereocenters. The highest BCUT2D eigenvalue weighted by atomic mass is 31.2. The molecule has 1 atom stereocenters. The monoisotopic (exact) mass is 462 g/mol. The lowest BCUT2D eigenvalue weighted by Gasteiger charge is -2.18. The first-order chi connectivity index (χ1) is 16.0. The molecule has 0 aromatic heterocycles. The molecule has 1 aliphatic heterocycles. The van der Waals surface area contributed by atoms with E-state index < -0.39 is 13.8 Å². The molecule has 0 radical (unpaired) electrons. The number of esters is 1. The zero-order chi connectivity index (χ0) is 23.0. The molecule has 7 heteroatoms. The van der Waals surface area contributed by atoms with E-state index in [2.05, 4.69) is 0 Å². The predicted octanol–water partition coefficient (Wildman–Crippen LogP) is 7.14. The fourth-order valence-corrected chi connectivity index (χ4v) is 5.44. The van der Waals surface area contributed by atoms with E-state index in [-0.39, 0.29) is 17.9 Å². The minimum Gasteiger partial charge on any atom is -0.465 e. The summed E-state index contributed by atoms with van der Waals surface area (Å²) in [5.74, 6) is -0.0873. The summed E-state index contributed by atoms with van der Waals surface area (Å²) in [6.45, 7) is 2.21. The Morgan fingerprint density at radius 2 is 1.61 bits per heavy atom. The van der Waals surface area contributed by atoms with E-state index in [0.29, 0.717) is 23.3 Å². The molecule has 0 saturated carbocycles. The molecule has 1 heterocycles. The molecule has 4 aromatic carbocycles. The van der Waals surface area contributed by atoms with Gasteiger partial charge in [0.1, 0.15) is 11.3 Å². The number of benzene rings is 4. The van der Waals surface area contributed by atoms with Crippen LogP contribution in [0.25, 0.3) is 32.7 Å². The normalized spacial score (nSPS) is 16.9. The molecule has 0 saturated heterocycles. The van der Waals surface area contributed by atoms with Gasteiger partial charge in [0.25, 0.3) is 0 Å². The Labute approximate surface area is 191 Å². The minimum atomic E-state index is -4.09. The highest BCUT2D eigenvalue weighted by molar-refractivity contribution is 7.49. The average molecular weight is 462 g/mol. The molecular weight excluding hydrogens is 439 g/mol. The third-order valence-electron chi connectivity index (χ3n) is 5.71. The lowest BCUT2D eigenvalue weighted by Crippen LogP contribution is -2.09. The second-order valence-corrected chi connectivity index (χ2v) is 9.34. The molecule has 0 N–H and O–H groups in total. The van der Waals surface area contributed by atoms with Crippen molar-refractivity contribution >= 4 is 35.3 Å². The lowest BCUT2D eigenvalue weighted by molar-refractivity contribution is 0.0598. The lowest BCUT2D eigenvalue weighted by atomic mass is 9.90. The molecule has 4 aromatic rings. The van der Waals surface area contributed by atoms with E-state index in [1.807, 2.05) is 61.5 Å². The smallest absolute Gasteiger partial charge is 0.465 e. The van der Waals surface area contributed by atoms with Gasteiger partial charge >= 0.3 is 13.8 Å². The Balaban J connectivity index is 1.90. The summed E-state index contributed by atoms with van der Waals surface area (Å²) in [4.78, 5) is 12.8. The number of carbonyl (C=O) groups excluding carboxylic acids is 1. The third-order valence-corrected chi connectivity index (χ3v) is 7.03. The Bertz CT molecular complexity index is 1430. The number of methoxy groups -OCH3 is 1. The van der Waals surface area contributed by atoms with E-state index in [9.17, 15) is 9.36 Å². The summed E-state index contributed by atoms with van der Waals surface area (Å²) in [5.41, 5.74) is 1.48. The van der Waals surface area contributed by atoms with Crippen molar-refractivity contribution in [1.82, 2.24) is 0 Å². The first-order valence-electron chi connectivity index (χ1n) is 10.8. The zero-order valence-electron chi connectivity index (χ0n) is 18.4. The molecule has 1 aliphatic rings. The number of unbranched alkanes of at least 4 members (excludes halogenated alkanes) is 1. The summed E-state index contributed by atoms with van der Waals surface area (Å²) < 4.78 is 36.4. The molecule has 0 spiro atoms. The van der Waals surface area contributed by atoms with Crippen molar-refractivity contribution in [3.8, 4) is 22.6 Å². The highest BCUT2D eigenvalue weighted by Gasteiger charge is 2.39. The molecule has 0 fully saturated rings. The summed E-state index contributed by atoms with van der Waals surface area (Å²) in [5, 5.41) is 3.52. The quantitative estimate of drug-likeness (QED) is 0.178. The van der Waals surface area contributed by atoms with Crippen molar-refractivity contribution in [2.75, 3.05) is 13.7 Å². The molecule has 5 rings (SSSR count). The summed E-state index contributed by atoms with van der Waals surface area (Å²) in [6, 6.07) is 20.9. The van der Waals surface area contributed by atoms with Gasteiger partial charge in [0, 0.05) is 11.1 Å². The van der Waals surface area contributed by atoms with Gasteiger partial charge in [0.2, 0.25) is 0 Å². The van der Waals surface area contributed by atoms with E-state index >= 15 is 0 Å². The van der Waals surface area contributed by atoms with Crippen molar-refractivity contribution in [1.29, 1.82) is 0 Å². The molecule has 33 heavy (non-hydrogen) atoms. The van der Waals surface area contributed by atoms with Crippen LogP contribution < -0.4 is 9.05 Å². The fraction of sp³-hybridized carbons (Fsp3) is 0.192. The number of rotatable bonds is 5. The van der Waals surface area contributed by atoms with Crippen LogP contribution in [0, 0.1) is 0 Å². The van der Waals surface area contributed by atoms with Crippen LogP contribution >= 0.6 is 7.82 Å². The van der Waals surface area contributed by atoms with Crippen LogP contribution in [0.5, 0.6) is 11.5 Å². The number of phosphoric ester groups is 1. The second-order valence-electron chi connectivity index (χ2n) is 7.82. The van der Waals surface area contributed by atoms with Crippen molar-refractivity contribution in [2.24, 2.45) is 0 Å². The van der Waals surface area contributed by atoms with Crippen molar-refractivity contribution in [3.63, 3.8) is 0 Å². The van der Waals surface area contributed by atoms with Crippen molar-refractivity contribution < 1.29 is 27.7 Å². The molecular formula is C26H23O6P. The van der Waals surface area contributed by atoms with Gasteiger partial charge in [0.15, 0.2) is 5.75 Å². The van der Waals surface area contributed by atoms with Gasteiger partial charge in [-0.2, -0.15) is 0 Å². The zero-order valence-corrected chi connectivity index (χ0v) is 19.3. The van der Waals surface area contributed by atoms with E-state index in [1.165, 1.54) is 7.11 Å². The van der Waals surface area contributed by atoms with Gasteiger partial charge in [-0.1, -0.05) is 67.9 Å². The fourth-order valence-electron chi connectivity index (χ4n) is 4.14. The number of ether oxygens (including phenoxy) is 1. The summed E-state index contributed by atoms with van der Waals surface area (Å²) >= 11 is 0. The standard InChI is InChI=1S/C26H23O6P/c1-3-4-15-30-33(28)31-22-14-13-17-9-5-7-11-19(17)23(22)24-20-12-8-6-10-18(20)16-21(25(24)32-33)26(27)29-2/h5-14,16H,3-4,15H2,1-2H3/t33-/m0/s1. The maximum atomic E-state index is 13.8. The molecule has 0 bridgehead atoms. The molecule has 168 valence electrons. The van der Waals surface area contributed by atoms with Crippen molar-refractivity contribution in [3.05, 3.63) is 72.3 Å². The van der Waals surface area contributed by atoms with Gasteiger partial charge in [0.05, 0.1) is 13.7 Å². The molecule has 6 nitrogen and oxygen atoms in total. The van der Waals surface area contributed by atoms with Gasteiger partial charge in [-0.05, 0) is 40.1 Å². The Morgan fingerprint density at radius 3 is 2.33 bits per heavy atom. The topological polar surface area (TPSA) is 71.1 Å². The number of fused-ring (bicyclic) bond motifs is 7. The predicted molar refractivity (Wildman–Crippen MR) is 128 cm³/mol. The summed E-state index contributed by atoms with van der Waals surface area (Å²) in [6.07, 6.45) is 1.55. The first-order valence-corrected chi connectivity index (χ1v) is 12.3. The number of phosphoric acid groups is 1. The van der Waals surface area contributed by atoms with Gasteiger partial charge in [-0.15, -0.1) is 0 Å². The minimum absolute atomic E-state index is 0.135. The maximum absolute atomic E-state index is 13.8. The van der Waals surface area contributed by atoms with E-state index in [0.717, 1.165) is 28.0 Å². The van der Waals surface area contributed by atoms with Gasteiger partial charge in [-0.25, -0.2) is 9.36 Å². The number of hydrogen-bond acceptors (Lipinski definition) is 6. The number of carbonyl (C=O) groups is 1. The van der Waals surface area contributed by atoms with Crippen LogP contribution in [0.2, 0.25) is 0 Å². The van der Waals surface area contributed by atoms with Crippen LogP contribution in [0.3, 0.4) is 0 Å². The largest absolute Gasteiger partial charge is 0.587 e. The van der Waals surface area contributed by atoms with Gasteiger partial charge < -0.3 is 13.8 Å². The SMILES string of the molecule is CCCCO[P@@]1(=O)Oc2ccc3ccccc3c2-c2c(c(C(=O)OC)cc3ccccc23)O1. The van der Waals surface area contributed by atoms with Crippen LogP contribution in [0.4, 0.5) is 0 Å². The molecule has 0 amide bonds. The van der Waals surface area contributed by atoms with E-state index in [4.69, 9.17) is 18.3 Å². The van der Waals surface area contributed by atoms with Crippen LogP contribution in [0.1, 0.15) is 30.1 Å².